The number of hydrogen-bond donors (Lipinski definition) is 0. The number of aryl methyl sites for hydroxylation is 2. The number of aliphatic imine (C=N–C) groups is 1. The number of ether oxygens (including phenoxy) is 2. The summed E-state index contributed by atoms with van der Waals surface area (Å²) in [4.78, 5) is 16.7. The Hall–Kier alpha value is -3.66. The summed E-state index contributed by atoms with van der Waals surface area (Å²) < 4.78 is 11.4. The number of carbonyl (C=O) groups excluding carboxylic acids is 1. The lowest BCUT2D eigenvalue weighted by atomic mass is 10.1. The van der Waals surface area contributed by atoms with Crippen LogP contribution in [-0.4, -0.2) is 11.9 Å². The van der Waals surface area contributed by atoms with Gasteiger partial charge in [-0.25, -0.2) is 9.79 Å². The zero-order chi connectivity index (χ0) is 20.2. The summed E-state index contributed by atoms with van der Waals surface area (Å²) >= 11 is 0. The molecule has 0 aromatic heterocycles. The van der Waals surface area contributed by atoms with Gasteiger partial charge in [0, 0.05) is 11.1 Å². The molecule has 4 rings (SSSR count). The fraction of sp³-hybridized carbons (Fsp3) is 0.120. The van der Waals surface area contributed by atoms with E-state index in [1.54, 1.807) is 6.08 Å². The van der Waals surface area contributed by atoms with Crippen molar-refractivity contribution in [3.05, 3.63) is 106 Å². The molecule has 0 N–H and O–H groups in total. The molecule has 1 aliphatic rings. The van der Waals surface area contributed by atoms with Crippen molar-refractivity contribution in [1.29, 1.82) is 0 Å². The fourth-order valence-corrected chi connectivity index (χ4v) is 3.10. The Labute approximate surface area is 170 Å². The normalized spacial score (nSPS) is 14.6. The van der Waals surface area contributed by atoms with Crippen LogP contribution < -0.4 is 4.74 Å². The van der Waals surface area contributed by atoms with E-state index in [2.05, 4.69) is 18.0 Å². The molecule has 4 heteroatoms. The Balaban J connectivity index is 1.63. The van der Waals surface area contributed by atoms with Crippen LogP contribution in [0.4, 0.5) is 0 Å². The number of carbonyl (C=O) groups is 1. The summed E-state index contributed by atoms with van der Waals surface area (Å²) in [6.07, 6.45) is 1.72. The molecule has 4 nitrogen and oxygen atoms in total. The second kappa shape index (κ2) is 8.15. The molecule has 0 unspecified atom stereocenters. The minimum Gasteiger partial charge on any atom is -0.488 e. The minimum atomic E-state index is -0.463. The van der Waals surface area contributed by atoms with Gasteiger partial charge in [0.05, 0.1) is 0 Å². The highest BCUT2D eigenvalue weighted by Crippen LogP contribution is 2.27. The summed E-state index contributed by atoms with van der Waals surface area (Å²) in [7, 11) is 0. The lowest BCUT2D eigenvalue weighted by Crippen LogP contribution is -2.05. The van der Waals surface area contributed by atoms with Crippen LogP contribution >= 0.6 is 0 Å². The first kappa shape index (κ1) is 18.7. The molecular formula is C25H21NO3. The van der Waals surface area contributed by atoms with Gasteiger partial charge in [-0.15, -0.1) is 0 Å². The van der Waals surface area contributed by atoms with E-state index in [-0.39, 0.29) is 5.70 Å². The minimum absolute atomic E-state index is 0.259. The van der Waals surface area contributed by atoms with Gasteiger partial charge in [-0.2, -0.15) is 0 Å². The Morgan fingerprint density at radius 1 is 0.966 bits per heavy atom. The second-order valence-corrected chi connectivity index (χ2v) is 6.96. The maximum Gasteiger partial charge on any atom is 0.363 e. The first-order chi connectivity index (χ1) is 14.1. The molecule has 0 atom stereocenters. The van der Waals surface area contributed by atoms with E-state index in [9.17, 15) is 4.79 Å². The van der Waals surface area contributed by atoms with Crippen molar-refractivity contribution in [2.75, 3.05) is 0 Å². The van der Waals surface area contributed by atoms with Gasteiger partial charge in [0.25, 0.3) is 0 Å². The molecule has 29 heavy (non-hydrogen) atoms. The van der Waals surface area contributed by atoms with E-state index in [0.29, 0.717) is 18.3 Å². The van der Waals surface area contributed by atoms with E-state index in [1.807, 2.05) is 73.7 Å². The van der Waals surface area contributed by atoms with Gasteiger partial charge in [0.2, 0.25) is 5.90 Å². The third-order valence-electron chi connectivity index (χ3n) is 4.74. The average molecular weight is 383 g/mol. The molecule has 3 aromatic carbocycles. The number of rotatable bonds is 5. The summed E-state index contributed by atoms with van der Waals surface area (Å²) in [5, 5.41) is 0. The maximum absolute atomic E-state index is 12.3. The molecule has 3 aromatic rings. The lowest BCUT2D eigenvalue weighted by Gasteiger charge is -2.12. The van der Waals surface area contributed by atoms with E-state index < -0.39 is 5.97 Å². The fourth-order valence-electron chi connectivity index (χ4n) is 3.10. The monoisotopic (exact) mass is 383 g/mol. The zero-order valence-corrected chi connectivity index (χ0v) is 16.4. The van der Waals surface area contributed by atoms with Crippen LogP contribution in [0.5, 0.6) is 5.75 Å². The van der Waals surface area contributed by atoms with Gasteiger partial charge in [-0.1, -0.05) is 54.1 Å². The van der Waals surface area contributed by atoms with Crippen LogP contribution in [0.3, 0.4) is 0 Å². The number of nitrogens with zero attached hydrogens (tertiary/aromatic N) is 1. The molecule has 0 saturated carbocycles. The summed E-state index contributed by atoms with van der Waals surface area (Å²) in [5.41, 5.74) is 5.19. The zero-order valence-electron chi connectivity index (χ0n) is 16.4. The second-order valence-electron chi connectivity index (χ2n) is 6.96. The first-order valence-corrected chi connectivity index (χ1v) is 9.46. The van der Waals surface area contributed by atoms with Gasteiger partial charge in [-0.05, 0) is 55.3 Å². The molecule has 1 aliphatic heterocycles. The smallest absolute Gasteiger partial charge is 0.363 e. The highest BCUT2D eigenvalue weighted by atomic mass is 16.6. The first-order valence-electron chi connectivity index (χ1n) is 9.46. The number of benzene rings is 3. The van der Waals surface area contributed by atoms with Crippen LogP contribution in [0.15, 0.2) is 83.5 Å². The number of hydrogen-bond acceptors (Lipinski definition) is 4. The molecule has 0 amide bonds. The lowest BCUT2D eigenvalue weighted by molar-refractivity contribution is -0.129. The number of cyclic esters (lactones) is 1. The quantitative estimate of drug-likeness (QED) is 0.448. The number of esters is 1. The Morgan fingerprint density at radius 2 is 1.72 bits per heavy atom. The van der Waals surface area contributed by atoms with Crippen molar-refractivity contribution in [1.82, 2.24) is 0 Å². The third-order valence-corrected chi connectivity index (χ3v) is 4.74. The molecule has 1 heterocycles. The third kappa shape index (κ3) is 4.27. The topological polar surface area (TPSA) is 47.9 Å². The van der Waals surface area contributed by atoms with Crippen molar-refractivity contribution in [3.8, 4) is 5.75 Å². The van der Waals surface area contributed by atoms with Gasteiger partial charge >= 0.3 is 5.97 Å². The largest absolute Gasteiger partial charge is 0.488 e. The Kier molecular flexibility index (Phi) is 5.25. The molecule has 0 spiro atoms. The van der Waals surface area contributed by atoms with Crippen LogP contribution in [0.25, 0.3) is 6.08 Å². The van der Waals surface area contributed by atoms with Crippen LogP contribution in [0.1, 0.15) is 27.8 Å². The van der Waals surface area contributed by atoms with Crippen molar-refractivity contribution < 1.29 is 14.3 Å². The summed E-state index contributed by atoms with van der Waals surface area (Å²) in [6.45, 7) is 4.51. The standard InChI is InChI=1S/C25H21NO3/c1-17-12-13-23(28-16-20-11-7-6-8-18(20)2)21(14-17)15-22-25(27)29-24(26-22)19-9-4-3-5-10-19/h3-15H,16H2,1-2H3. The summed E-state index contributed by atoms with van der Waals surface area (Å²) in [5.74, 6) is 0.551. The van der Waals surface area contributed by atoms with Crippen LogP contribution in [0, 0.1) is 13.8 Å². The van der Waals surface area contributed by atoms with Gasteiger partial charge in [-0.3, -0.25) is 0 Å². The average Bonchev–Trinajstić information content (AvgIpc) is 3.09. The van der Waals surface area contributed by atoms with Gasteiger partial charge in [0.1, 0.15) is 12.4 Å². The molecule has 0 saturated heterocycles. The predicted octanol–water partition coefficient (Wildman–Crippen LogP) is 5.23. The van der Waals surface area contributed by atoms with Crippen LogP contribution in [-0.2, 0) is 16.1 Å². The molecule has 0 aliphatic carbocycles. The highest BCUT2D eigenvalue weighted by Gasteiger charge is 2.24. The van der Waals surface area contributed by atoms with Crippen molar-refractivity contribution in [3.63, 3.8) is 0 Å². The van der Waals surface area contributed by atoms with E-state index in [4.69, 9.17) is 9.47 Å². The molecule has 0 fully saturated rings. The summed E-state index contributed by atoms with van der Waals surface area (Å²) in [6, 6.07) is 23.4. The van der Waals surface area contributed by atoms with E-state index in [0.717, 1.165) is 22.3 Å². The Bertz CT molecular complexity index is 1110. The van der Waals surface area contributed by atoms with Crippen molar-refractivity contribution in [2.45, 2.75) is 20.5 Å². The van der Waals surface area contributed by atoms with E-state index in [1.165, 1.54) is 5.56 Å². The maximum atomic E-state index is 12.3. The van der Waals surface area contributed by atoms with Gasteiger partial charge < -0.3 is 9.47 Å². The SMILES string of the molecule is Cc1ccc(OCc2ccccc2C)c(C=C2N=C(c3ccccc3)OC2=O)c1. The van der Waals surface area contributed by atoms with Crippen molar-refractivity contribution in [2.24, 2.45) is 4.99 Å². The molecule has 0 radical (unpaired) electrons. The highest BCUT2D eigenvalue weighted by molar-refractivity contribution is 6.12. The van der Waals surface area contributed by atoms with Crippen LogP contribution in [0.2, 0.25) is 0 Å². The van der Waals surface area contributed by atoms with Gasteiger partial charge in [0.15, 0.2) is 5.70 Å². The molecule has 0 bridgehead atoms. The van der Waals surface area contributed by atoms with E-state index >= 15 is 0 Å². The predicted molar refractivity (Wildman–Crippen MR) is 114 cm³/mol. The van der Waals surface area contributed by atoms with Crippen molar-refractivity contribution >= 4 is 17.9 Å². The molecule has 144 valence electrons. The Morgan fingerprint density at radius 3 is 2.52 bits per heavy atom. The molecular weight excluding hydrogens is 362 g/mol.